The van der Waals surface area contributed by atoms with Gasteiger partial charge in [0.25, 0.3) is 0 Å². The lowest BCUT2D eigenvalue weighted by Gasteiger charge is -2.18. The zero-order valence-corrected chi connectivity index (χ0v) is 23.9. The molecular weight excluding hydrogens is 556 g/mol. The van der Waals surface area contributed by atoms with Crippen molar-refractivity contribution in [2.45, 2.75) is 6.61 Å². The summed E-state index contributed by atoms with van der Waals surface area (Å²) < 4.78 is 74.4. The first-order valence-electron chi connectivity index (χ1n) is 11.9. The van der Waals surface area contributed by atoms with Gasteiger partial charge in [-0.15, -0.1) is 0 Å². The van der Waals surface area contributed by atoms with Crippen LogP contribution in [0.15, 0.2) is 84.9 Å². The summed E-state index contributed by atoms with van der Waals surface area (Å²) >= 11 is 0. The van der Waals surface area contributed by atoms with E-state index in [-0.39, 0.29) is 23.9 Å². The summed E-state index contributed by atoms with van der Waals surface area (Å²) in [4.78, 5) is 0. The van der Waals surface area contributed by atoms with E-state index in [2.05, 4.69) is 0 Å². The molecule has 0 aromatic heterocycles. The zero-order valence-electron chi connectivity index (χ0n) is 22.3. The number of ether oxygens (including phenoxy) is 3. The van der Waals surface area contributed by atoms with Gasteiger partial charge in [-0.25, -0.2) is 0 Å². The summed E-state index contributed by atoms with van der Waals surface area (Å²) in [7, 11) is -4.49. The normalized spacial score (nSPS) is 11.5. The predicted molar refractivity (Wildman–Crippen MR) is 152 cm³/mol. The van der Waals surface area contributed by atoms with Crippen molar-refractivity contribution >= 4 is 20.2 Å². The summed E-state index contributed by atoms with van der Waals surface area (Å²) in [5.74, 6) is 1.37. The van der Waals surface area contributed by atoms with Gasteiger partial charge in [-0.2, -0.15) is 16.8 Å². The highest BCUT2D eigenvalue weighted by atomic mass is 32.2. The van der Waals surface area contributed by atoms with Gasteiger partial charge in [0.05, 0.1) is 32.3 Å². The van der Waals surface area contributed by atoms with Crippen molar-refractivity contribution in [2.24, 2.45) is 0 Å². The Balaban J connectivity index is 1.73. The molecule has 0 radical (unpaired) electrons. The van der Waals surface area contributed by atoms with E-state index in [1.165, 1.54) is 14.2 Å². The van der Waals surface area contributed by atoms with E-state index in [4.69, 9.17) is 22.6 Å². The van der Waals surface area contributed by atoms with E-state index in [0.717, 1.165) is 29.2 Å². The molecule has 0 amide bonds. The fourth-order valence-corrected chi connectivity index (χ4v) is 4.90. The van der Waals surface area contributed by atoms with Crippen molar-refractivity contribution in [3.63, 3.8) is 0 Å². The molecular formula is C29H28O9S2. The molecule has 9 nitrogen and oxygen atoms in total. The third-order valence-electron chi connectivity index (χ3n) is 5.65. The SMILES string of the molecule is COc1cc(-c2ccc(OS(C)(=O)=O)cc2)cc(OC)c1-c1ccc(OCc2ccccc2)c(OS(C)(=O)=O)c1. The molecule has 0 N–H and O–H groups in total. The number of rotatable bonds is 11. The van der Waals surface area contributed by atoms with Crippen LogP contribution in [0, 0.1) is 0 Å². The summed E-state index contributed by atoms with van der Waals surface area (Å²) in [5, 5.41) is 0. The Morgan fingerprint density at radius 2 is 1.12 bits per heavy atom. The molecule has 0 aliphatic heterocycles. The maximum Gasteiger partial charge on any atom is 0.306 e. The minimum atomic E-state index is -3.86. The van der Waals surface area contributed by atoms with E-state index in [9.17, 15) is 16.8 Å². The van der Waals surface area contributed by atoms with Gasteiger partial charge in [-0.1, -0.05) is 48.5 Å². The molecule has 0 heterocycles. The average Bonchev–Trinajstić information content (AvgIpc) is 2.91. The molecule has 210 valence electrons. The molecule has 0 atom stereocenters. The van der Waals surface area contributed by atoms with Crippen LogP contribution in [0.25, 0.3) is 22.3 Å². The largest absolute Gasteiger partial charge is 0.496 e. The van der Waals surface area contributed by atoms with E-state index in [1.54, 1.807) is 54.6 Å². The van der Waals surface area contributed by atoms with Gasteiger partial charge in [0, 0.05) is 0 Å². The minimum absolute atomic E-state index is 0.0191. The Morgan fingerprint density at radius 1 is 0.575 bits per heavy atom. The lowest BCUT2D eigenvalue weighted by Crippen LogP contribution is -2.08. The van der Waals surface area contributed by atoms with Crippen molar-refractivity contribution in [3.8, 4) is 51.0 Å². The lowest BCUT2D eigenvalue weighted by atomic mass is 9.97. The van der Waals surface area contributed by atoms with Gasteiger partial charge < -0.3 is 22.6 Å². The van der Waals surface area contributed by atoms with Crippen molar-refractivity contribution in [2.75, 3.05) is 26.7 Å². The third kappa shape index (κ3) is 7.45. The van der Waals surface area contributed by atoms with Crippen LogP contribution in [0.4, 0.5) is 0 Å². The minimum Gasteiger partial charge on any atom is -0.496 e. The Morgan fingerprint density at radius 3 is 1.68 bits per heavy atom. The zero-order chi connectivity index (χ0) is 28.9. The molecule has 0 saturated heterocycles. The second-order valence-corrected chi connectivity index (χ2v) is 11.9. The monoisotopic (exact) mass is 584 g/mol. The fourth-order valence-electron chi connectivity index (χ4n) is 3.99. The van der Waals surface area contributed by atoms with Crippen LogP contribution in [0.5, 0.6) is 28.7 Å². The van der Waals surface area contributed by atoms with Gasteiger partial charge in [0.2, 0.25) is 0 Å². The van der Waals surface area contributed by atoms with Gasteiger partial charge in [-0.05, 0) is 58.7 Å². The van der Waals surface area contributed by atoms with Gasteiger partial charge in [0.1, 0.15) is 23.9 Å². The van der Waals surface area contributed by atoms with Crippen molar-refractivity contribution in [1.29, 1.82) is 0 Å². The summed E-state index contributed by atoms with van der Waals surface area (Å²) in [6, 6.07) is 24.5. The number of benzene rings is 4. The van der Waals surface area contributed by atoms with Crippen LogP contribution in [0.3, 0.4) is 0 Å². The Kier molecular flexibility index (Phi) is 8.55. The fraction of sp³-hybridized carbons (Fsp3) is 0.172. The summed E-state index contributed by atoms with van der Waals surface area (Å²) in [6.07, 6.45) is 1.94. The van der Waals surface area contributed by atoms with Gasteiger partial charge >= 0.3 is 20.2 Å². The average molecular weight is 585 g/mol. The number of methoxy groups -OCH3 is 2. The summed E-state index contributed by atoms with van der Waals surface area (Å²) in [6.45, 7) is 0.218. The maximum atomic E-state index is 12.1. The molecule has 4 aromatic carbocycles. The molecule has 40 heavy (non-hydrogen) atoms. The topological polar surface area (TPSA) is 114 Å². The molecule has 4 rings (SSSR count). The molecule has 4 aromatic rings. The lowest BCUT2D eigenvalue weighted by molar-refractivity contribution is 0.296. The van der Waals surface area contributed by atoms with Crippen molar-refractivity contribution in [1.82, 2.24) is 0 Å². The highest BCUT2D eigenvalue weighted by molar-refractivity contribution is 7.86. The Hall–Kier alpha value is -4.22. The number of hydrogen-bond donors (Lipinski definition) is 0. The van der Waals surface area contributed by atoms with Crippen LogP contribution in [0.1, 0.15) is 5.56 Å². The van der Waals surface area contributed by atoms with E-state index in [1.807, 2.05) is 30.3 Å². The maximum absolute atomic E-state index is 12.1. The van der Waals surface area contributed by atoms with Crippen LogP contribution >= 0.6 is 0 Å². The Labute approximate surface area is 234 Å². The first kappa shape index (κ1) is 28.8. The molecule has 0 saturated carbocycles. The molecule has 0 spiro atoms. The highest BCUT2D eigenvalue weighted by Crippen LogP contribution is 2.45. The predicted octanol–water partition coefficient (Wildman–Crippen LogP) is 5.29. The molecule has 11 heteroatoms. The van der Waals surface area contributed by atoms with Crippen LogP contribution in [0.2, 0.25) is 0 Å². The molecule has 0 bridgehead atoms. The quantitative estimate of drug-likeness (QED) is 0.217. The molecule has 0 aliphatic carbocycles. The Bertz CT molecular complexity index is 1670. The van der Waals surface area contributed by atoms with E-state index in [0.29, 0.717) is 22.6 Å². The van der Waals surface area contributed by atoms with Crippen LogP contribution in [-0.4, -0.2) is 43.6 Å². The molecule has 0 fully saturated rings. The first-order valence-corrected chi connectivity index (χ1v) is 15.6. The second-order valence-electron chi connectivity index (χ2n) is 8.79. The van der Waals surface area contributed by atoms with Gasteiger partial charge in [-0.3, -0.25) is 0 Å². The standard InChI is InChI=1S/C29H28O9S2/c1-34-27-17-23(21-10-13-24(14-11-21)37-39(3,30)31)18-28(35-2)29(27)22-12-15-25(26(16-22)38-40(4,32)33)36-19-20-8-6-5-7-9-20/h5-18H,19H2,1-4H3. The van der Waals surface area contributed by atoms with E-state index < -0.39 is 20.2 Å². The second kappa shape index (κ2) is 11.9. The van der Waals surface area contributed by atoms with Crippen molar-refractivity contribution < 1.29 is 39.4 Å². The van der Waals surface area contributed by atoms with Crippen molar-refractivity contribution in [3.05, 3.63) is 90.5 Å². The van der Waals surface area contributed by atoms with Gasteiger partial charge in [0.15, 0.2) is 11.5 Å². The highest BCUT2D eigenvalue weighted by Gasteiger charge is 2.20. The van der Waals surface area contributed by atoms with Crippen LogP contribution in [-0.2, 0) is 26.8 Å². The van der Waals surface area contributed by atoms with E-state index >= 15 is 0 Å². The first-order chi connectivity index (χ1) is 19.0. The van der Waals surface area contributed by atoms with Crippen LogP contribution < -0.4 is 22.6 Å². The number of hydrogen-bond acceptors (Lipinski definition) is 9. The summed E-state index contributed by atoms with van der Waals surface area (Å²) in [5.41, 5.74) is 3.54. The smallest absolute Gasteiger partial charge is 0.306 e. The molecule has 0 aliphatic rings. The third-order valence-corrected chi connectivity index (χ3v) is 6.63. The molecule has 0 unspecified atom stereocenters.